The summed E-state index contributed by atoms with van der Waals surface area (Å²) in [6, 6.07) is 12.6. The number of carbonyl (C=O) groups excluding carboxylic acids is 2. The van der Waals surface area contributed by atoms with E-state index in [9.17, 15) is 14.4 Å². The van der Waals surface area contributed by atoms with Crippen LogP contribution < -0.4 is 10.6 Å². The zero-order valence-corrected chi connectivity index (χ0v) is 13.7. The molecule has 0 spiro atoms. The molecule has 6 heteroatoms. The molecule has 1 aliphatic carbocycles. The Morgan fingerprint density at radius 3 is 2.52 bits per heavy atom. The molecule has 1 aliphatic rings. The van der Waals surface area contributed by atoms with E-state index in [2.05, 4.69) is 22.8 Å². The van der Waals surface area contributed by atoms with Crippen molar-refractivity contribution in [1.29, 1.82) is 0 Å². The fourth-order valence-electron chi connectivity index (χ4n) is 3.07. The number of fused-ring (bicyclic) bond motifs is 3. The molecule has 3 rings (SSSR count). The molecule has 6 nitrogen and oxygen atoms in total. The van der Waals surface area contributed by atoms with Gasteiger partial charge in [-0.25, -0.2) is 4.79 Å². The van der Waals surface area contributed by atoms with E-state index in [1.807, 2.05) is 24.3 Å². The molecule has 0 radical (unpaired) electrons. The maximum Gasteiger partial charge on any atom is 0.326 e. The Morgan fingerprint density at radius 1 is 1.08 bits per heavy atom. The van der Waals surface area contributed by atoms with Gasteiger partial charge >= 0.3 is 5.97 Å². The second kappa shape index (κ2) is 6.76. The van der Waals surface area contributed by atoms with Gasteiger partial charge in [-0.2, -0.15) is 0 Å². The van der Waals surface area contributed by atoms with E-state index in [0.29, 0.717) is 5.69 Å². The first-order valence-corrected chi connectivity index (χ1v) is 7.95. The van der Waals surface area contributed by atoms with Crippen LogP contribution in [0.1, 0.15) is 24.5 Å². The van der Waals surface area contributed by atoms with E-state index in [-0.39, 0.29) is 6.42 Å². The Labute approximate surface area is 144 Å². The van der Waals surface area contributed by atoms with Crippen molar-refractivity contribution in [3.05, 3.63) is 53.6 Å². The number of carbonyl (C=O) groups is 3. The van der Waals surface area contributed by atoms with Gasteiger partial charge in [-0.15, -0.1) is 0 Å². The lowest BCUT2D eigenvalue weighted by Crippen LogP contribution is -2.42. The van der Waals surface area contributed by atoms with Gasteiger partial charge in [0, 0.05) is 12.6 Å². The summed E-state index contributed by atoms with van der Waals surface area (Å²) in [4.78, 5) is 34.2. The van der Waals surface area contributed by atoms with Crippen LogP contribution in [-0.4, -0.2) is 28.9 Å². The summed E-state index contributed by atoms with van der Waals surface area (Å²) in [7, 11) is 0. The monoisotopic (exact) mass is 338 g/mol. The van der Waals surface area contributed by atoms with Crippen molar-refractivity contribution in [2.75, 3.05) is 5.32 Å². The highest BCUT2D eigenvalue weighted by Crippen LogP contribution is 2.37. The van der Waals surface area contributed by atoms with Crippen LogP contribution in [0, 0.1) is 0 Å². The van der Waals surface area contributed by atoms with Gasteiger partial charge in [0.25, 0.3) is 0 Å². The number of nitrogens with one attached hydrogen (secondary N) is 2. The van der Waals surface area contributed by atoms with E-state index >= 15 is 0 Å². The van der Waals surface area contributed by atoms with Crippen LogP contribution in [0.15, 0.2) is 42.5 Å². The Balaban J connectivity index is 1.70. The van der Waals surface area contributed by atoms with Crippen LogP contribution in [0.2, 0.25) is 0 Å². The molecular formula is C19H18N2O4. The number of hydrogen-bond donors (Lipinski definition) is 3. The van der Waals surface area contributed by atoms with Crippen molar-refractivity contribution in [3.8, 4) is 11.1 Å². The summed E-state index contributed by atoms with van der Waals surface area (Å²) in [5.41, 5.74) is 5.33. The summed E-state index contributed by atoms with van der Waals surface area (Å²) >= 11 is 0. The Kier molecular flexibility index (Phi) is 4.52. The van der Waals surface area contributed by atoms with E-state index in [1.54, 1.807) is 6.07 Å². The molecule has 2 amide bonds. The van der Waals surface area contributed by atoms with E-state index < -0.39 is 23.8 Å². The van der Waals surface area contributed by atoms with E-state index in [4.69, 9.17) is 5.11 Å². The fourth-order valence-corrected chi connectivity index (χ4v) is 3.07. The molecule has 2 aromatic rings. The number of rotatable bonds is 5. The molecule has 1 unspecified atom stereocenters. The topological polar surface area (TPSA) is 95.5 Å². The molecule has 0 bridgehead atoms. The lowest BCUT2D eigenvalue weighted by atomic mass is 10.1. The van der Waals surface area contributed by atoms with Crippen molar-refractivity contribution in [2.24, 2.45) is 0 Å². The normalized spacial score (nSPS) is 12.7. The Bertz CT molecular complexity index is 860. The van der Waals surface area contributed by atoms with Gasteiger partial charge in [-0.05, 0) is 40.8 Å². The molecule has 1 atom stereocenters. The van der Waals surface area contributed by atoms with Gasteiger partial charge in [-0.1, -0.05) is 30.3 Å². The molecular weight excluding hydrogens is 320 g/mol. The summed E-state index contributed by atoms with van der Waals surface area (Å²) in [5.74, 6) is -2.19. The summed E-state index contributed by atoms with van der Waals surface area (Å²) in [5, 5.41) is 14.0. The van der Waals surface area contributed by atoms with Crippen LogP contribution in [0.4, 0.5) is 5.69 Å². The predicted molar refractivity (Wildman–Crippen MR) is 93.2 cm³/mol. The van der Waals surface area contributed by atoms with Crippen molar-refractivity contribution in [1.82, 2.24) is 5.32 Å². The third-order valence-electron chi connectivity index (χ3n) is 4.14. The SMILES string of the molecule is CC(=O)NC(CC(=O)Nc1ccc2c(c1)Cc1ccccc1-2)C(=O)O. The van der Waals surface area contributed by atoms with Crippen LogP contribution in [0.3, 0.4) is 0 Å². The molecule has 0 heterocycles. The zero-order chi connectivity index (χ0) is 18.0. The van der Waals surface area contributed by atoms with Crippen molar-refractivity contribution in [2.45, 2.75) is 25.8 Å². The third kappa shape index (κ3) is 3.68. The Hall–Kier alpha value is -3.15. The molecule has 3 N–H and O–H groups in total. The maximum atomic E-state index is 12.1. The molecule has 0 fully saturated rings. The van der Waals surface area contributed by atoms with Gasteiger partial charge in [0.1, 0.15) is 6.04 Å². The minimum atomic E-state index is -1.24. The van der Waals surface area contributed by atoms with Crippen molar-refractivity contribution < 1.29 is 19.5 Å². The minimum Gasteiger partial charge on any atom is -0.480 e. The van der Waals surface area contributed by atoms with E-state index in [1.165, 1.54) is 18.1 Å². The highest BCUT2D eigenvalue weighted by molar-refractivity contribution is 5.95. The van der Waals surface area contributed by atoms with Gasteiger partial charge in [0.2, 0.25) is 11.8 Å². The zero-order valence-electron chi connectivity index (χ0n) is 13.7. The minimum absolute atomic E-state index is 0.327. The average Bonchev–Trinajstić information content (AvgIpc) is 2.91. The van der Waals surface area contributed by atoms with Gasteiger partial charge in [0.05, 0.1) is 6.42 Å². The van der Waals surface area contributed by atoms with E-state index in [0.717, 1.165) is 17.5 Å². The van der Waals surface area contributed by atoms with Gasteiger partial charge in [0.15, 0.2) is 0 Å². The van der Waals surface area contributed by atoms with Crippen LogP contribution in [0.25, 0.3) is 11.1 Å². The number of anilines is 1. The smallest absolute Gasteiger partial charge is 0.326 e. The van der Waals surface area contributed by atoms with Gasteiger partial charge < -0.3 is 15.7 Å². The number of carboxylic acid groups (broad SMARTS) is 1. The molecule has 0 saturated heterocycles. The lowest BCUT2D eigenvalue weighted by molar-refractivity contribution is -0.142. The van der Waals surface area contributed by atoms with Crippen molar-refractivity contribution in [3.63, 3.8) is 0 Å². The third-order valence-corrected chi connectivity index (χ3v) is 4.14. The number of hydrogen-bond acceptors (Lipinski definition) is 3. The molecule has 2 aromatic carbocycles. The van der Waals surface area contributed by atoms with Crippen LogP contribution in [0.5, 0.6) is 0 Å². The molecule has 128 valence electrons. The van der Waals surface area contributed by atoms with Crippen molar-refractivity contribution >= 4 is 23.5 Å². The summed E-state index contributed by atoms with van der Waals surface area (Å²) in [6.45, 7) is 1.21. The molecule has 25 heavy (non-hydrogen) atoms. The molecule has 0 aromatic heterocycles. The lowest BCUT2D eigenvalue weighted by Gasteiger charge is -2.13. The summed E-state index contributed by atoms with van der Waals surface area (Å²) in [6.07, 6.45) is 0.477. The average molecular weight is 338 g/mol. The largest absolute Gasteiger partial charge is 0.480 e. The maximum absolute atomic E-state index is 12.1. The number of carboxylic acids is 1. The highest BCUT2D eigenvalue weighted by Gasteiger charge is 2.23. The first kappa shape index (κ1) is 16.7. The first-order chi connectivity index (χ1) is 11.9. The molecule has 0 saturated carbocycles. The molecule has 0 aliphatic heterocycles. The van der Waals surface area contributed by atoms with Crippen LogP contribution >= 0.6 is 0 Å². The highest BCUT2D eigenvalue weighted by atomic mass is 16.4. The first-order valence-electron chi connectivity index (χ1n) is 7.95. The Morgan fingerprint density at radius 2 is 1.80 bits per heavy atom. The second-order valence-corrected chi connectivity index (χ2v) is 6.05. The van der Waals surface area contributed by atoms with Gasteiger partial charge in [-0.3, -0.25) is 9.59 Å². The number of aliphatic carboxylic acids is 1. The van der Waals surface area contributed by atoms with Crippen LogP contribution in [-0.2, 0) is 20.8 Å². The quantitative estimate of drug-likeness (QED) is 0.664. The standard InChI is InChI=1S/C19H18N2O4/c1-11(22)20-17(19(24)25)10-18(23)21-14-6-7-16-13(9-14)8-12-4-2-3-5-15(12)16/h2-7,9,17H,8,10H2,1H3,(H,20,22)(H,21,23)(H,24,25). The second-order valence-electron chi connectivity index (χ2n) is 6.05. The predicted octanol–water partition coefficient (Wildman–Crippen LogP) is 2.18. The number of benzene rings is 2. The summed E-state index contributed by atoms with van der Waals surface area (Å²) < 4.78 is 0. The number of amides is 2. The fraction of sp³-hybridized carbons (Fsp3) is 0.211.